The maximum atomic E-state index is 12.0. The van der Waals surface area contributed by atoms with E-state index in [4.69, 9.17) is 10.2 Å². The summed E-state index contributed by atoms with van der Waals surface area (Å²) < 4.78 is 0. The minimum atomic E-state index is -1.45. The smallest absolute Gasteiger partial charge is 0.326 e. The van der Waals surface area contributed by atoms with Crippen LogP contribution in [0.4, 0.5) is 4.79 Å². The van der Waals surface area contributed by atoms with Crippen LogP contribution >= 0.6 is 0 Å². The summed E-state index contributed by atoms with van der Waals surface area (Å²) in [6, 6.07) is -3.68. The number of unbranched alkanes of at least 4 members (excludes halogenated alkanes) is 8. The van der Waals surface area contributed by atoms with E-state index in [0.717, 1.165) is 45.4 Å². The van der Waals surface area contributed by atoms with E-state index in [2.05, 4.69) is 26.2 Å². The Hall–Kier alpha value is -2.93. The lowest BCUT2D eigenvalue weighted by atomic mass is 10.1. The van der Waals surface area contributed by atoms with Gasteiger partial charge in [0.1, 0.15) is 12.1 Å². The van der Waals surface area contributed by atoms with Gasteiger partial charge in [-0.1, -0.05) is 38.5 Å². The summed E-state index contributed by atoms with van der Waals surface area (Å²) in [6.45, 7) is 6.13. The fourth-order valence-corrected chi connectivity index (χ4v) is 4.55. The van der Waals surface area contributed by atoms with Crippen LogP contribution in [0.15, 0.2) is 0 Å². The van der Waals surface area contributed by atoms with Crippen molar-refractivity contribution < 1.29 is 39.3 Å². The number of amides is 3. The molecule has 1 aliphatic rings. The Balaban J connectivity index is 2.04. The number of carbonyl (C=O) groups excluding carboxylic acids is 2. The lowest BCUT2D eigenvalue weighted by molar-refractivity contribution is -0.140. The first-order valence-corrected chi connectivity index (χ1v) is 14.6. The zero-order chi connectivity index (χ0) is 29.6. The summed E-state index contributed by atoms with van der Waals surface area (Å²) in [7, 11) is 0. The lowest BCUT2D eigenvalue weighted by Crippen LogP contribution is -2.51. The quantitative estimate of drug-likeness (QED) is 0.0887. The Kier molecular flexibility index (Phi) is 19.2. The molecule has 0 bridgehead atoms. The maximum Gasteiger partial charge on any atom is 0.326 e. The van der Waals surface area contributed by atoms with Gasteiger partial charge < -0.3 is 41.5 Å². The van der Waals surface area contributed by atoms with Gasteiger partial charge in [0.05, 0.1) is 0 Å². The van der Waals surface area contributed by atoms with Crippen molar-refractivity contribution in [1.82, 2.24) is 26.2 Å². The molecule has 2 atom stereocenters. The van der Waals surface area contributed by atoms with E-state index in [-0.39, 0.29) is 18.7 Å². The van der Waals surface area contributed by atoms with Crippen molar-refractivity contribution in [2.75, 3.05) is 39.3 Å². The molecule has 0 spiro atoms. The number of urea groups is 1. The van der Waals surface area contributed by atoms with E-state index in [9.17, 15) is 29.1 Å². The van der Waals surface area contributed by atoms with Gasteiger partial charge >= 0.3 is 23.9 Å². The van der Waals surface area contributed by atoms with E-state index in [1.165, 1.54) is 38.6 Å². The highest BCUT2D eigenvalue weighted by Crippen LogP contribution is 2.10. The highest BCUT2D eigenvalue weighted by Gasteiger charge is 2.24. The van der Waals surface area contributed by atoms with Crippen LogP contribution in [-0.4, -0.2) is 101 Å². The second-order valence-corrected chi connectivity index (χ2v) is 10.3. The zero-order valence-electron chi connectivity index (χ0n) is 23.6. The first-order valence-electron chi connectivity index (χ1n) is 14.6. The second kappa shape index (κ2) is 21.8. The molecule has 0 aromatic rings. The number of hydrogen-bond donors (Lipinski definition) is 7. The Labute approximate surface area is 236 Å². The van der Waals surface area contributed by atoms with Crippen molar-refractivity contribution >= 4 is 29.8 Å². The molecule has 1 aliphatic heterocycles. The molecular weight excluding hydrogens is 522 g/mol. The van der Waals surface area contributed by atoms with Gasteiger partial charge in [0, 0.05) is 45.6 Å². The molecule has 13 heteroatoms. The van der Waals surface area contributed by atoms with Crippen LogP contribution in [0.25, 0.3) is 0 Å². The molecule has 0 aromatic heterocycles. The fraction of sp³-hybridized carbons (Fsp3) is 0.815. The normalized spacial score (nSPS) is 15.1. The van der Waals surface area contributed by atoms with Crippen LogP contribution in [-0.2, 0) is 19.2 Å². The Morgan fingerprint density at radius 3 is 1.80 bits per heavy atom. The molecule has 1 rings (SSSR count). The predicted molar refractivity (Wildman–Crippen MR) is 149 cm³/mol. The van der Waals surface area contributed by atoms with Gasteiger partial charge in [-0.05, 0) is 45.1 Å². The fourth-order valence-electron chi connectivity index (χ4n) is 4.55. The highest BCUT2D eigenvalue weighted by atomic mass is 16.4. The summed E-state index contributed by atoms with van der Waals surface area (Å²) in [5.41, 5.74) is 0. The van der Waals surface area contributed by atoms with Gasteiger partial charge in [-0.15, -0.1) is 0 Å². The van der Waals surface area contributed by atoms with Crippen LogP contribution in [0.5, 0.6) is 0 Å². The van der Waals surface area contributed by atoms with Crippen LogP contribution in [0.3, 0.4) is 0 Å². The summed E-state index contributed by atoms with van der Waals surface area (Å²) in [5, 5.41) is 37.6. The third-order valence-electron chi connectivity index (χ3n) is 6.93. The molecule has 13 nitrogen and oxygen atoms in total. The number of piperazine rings is 1. The number of hydrogen-bond acceptors (Lipinski definition) is 7. The molecule has 1 fully saturated rings. The standard InChI is InChI=1S/C27H49N5O8/c33-23(12-7-5-3-1-2-4-6-10-18-32-19-16-28-17-20-32)29-15-9-8-11-21(25(36)37)30-27(40)31-22(26(38)39)13-14-24(34)35/h21-22,28H,1-20H2,(H,29,33)(H,34,35)(H,36,37)(H,38,39)(H2,30,31,40)/t21-,22-/m0/s1. The first-order chi connectivity index (χ1) is 19.2. The van der Waals surface area contributed by atoms with Gasteiger partial charge in [-0.3, -0.25) is 9.59 Å². The summed E-state index contributed by atoms with van der Waals surface area (Å²) in [5.74, 6) is -3.92. The Morgan fingerprint density at radius 1 is 0.675 bits per heavy atom. The molecule has 0 radical (unpaired) electrons. The van der Waals surface area contributed by atoms with Crippen molar-refractivity contribution in [3.05, 3.63) is 0 Å². The molecule has 3 amide bonds. The molecule has 1 heterocycles. The van der Waals surface area contributed by atoms with Crippen LogP contribution < -0.4 is 21.3 Å². The number of rotatable bonds is 23. The number of aliphatic carboxylic acids is 3. The van der Waals surface area contributed by atoms with Crippen LogP contribution in [0.1, 0.15) is 89.9 Å². The number of nitrogens with one attached hydrogen (secondary N) is 4. The number of carboxylic acids is 3. The monoisotopic (exact) mass is 571 g/mol. The van der Waals surface area contributed by atoms with Crippen LogP contribution in [0.2, 0.25) is 0 Å². The molecule has 1 saturated heterocycles. The van der Waals surface area contributed by atoms with E-state index >= 15 is 0 Å². The van der Waals surface area contributed by atoms with Crippen LogP contribution in [0, 0.1) is 0 Å². The Morgan fingerprint density at radius 2 is 1.23 bits per heavy atom. The molecule has 40 heavy (non-hydrogen) atoms. The molecule has 0 aromatic carbocycles. The molecule has 0 aliphatic carbocycles. The van der Waals surface area contributed by atoms with Crippen molar-refractivity contribution in [3.63, 3.8) is 0 Å². The number of carboxylic acid groups (broad SMARTS) is 3. The lowest BCUT2D eigenvalue weighted by Gasteiger charge is -2.27. The average Bonchev–Trinajstić information content (AvgIpc) is 2.91. The van der Waals surface area contributed by atoms with Crippen molar-refractivity contribution in [3.8, 4) is 0 Å². The summed E-state index contributed by atoms with van der Waals surface area (Å²) in [6.07, 6.45) is 10.0. The molecular formula is C27H49N5O8. The minimum Gasteiger partial charge on any atom is -0.481 e. The van der Waals surface area contributed by atoms with Gasteiger partial charge in [0.15, 0.2) is 0 Å². The molecule has 0 unspecified atom stereocenters. The van der Waals surface area contributed by atoms with Gasteiger partial charge in [-0.25, -0.2) is 14.4 Å². The third-order valence-corrected chi connectivity index (χ3v) is 6.93. The second-order valence-electron chi connectivity index (χ2n) is 10.3. The van der Waals surface area contributed by atoms with Gasteiger partial charge in [0.2, 0.25) is 5.91 Å². The molecule has 230 valence electrons. The van der Waals surface area contributed by atoms with Gasteiger partial charge in [-0.2, -0.15) is 0 Å². The molecule has 7 N–H and O–H groups in total. The van der Waals surface area contributed by atoms with E-state index in [1.807, 2.05) is 0 Å². The summed E-state index contributed by atoms with van der Waals surface area (Å²) in [4.78, 5) is 59.8. The van der Waals surface area contributed by atoms with Crippen molar-refractivity contribution in [2.24, 2.45) is 0 Å². The number of nitrogens with zero attached hydrogens (tertiary/aromatic N) is 1. The van der Waals surface area contributed by atoms with E-state index in [1.54, 1.807) is 0 Å². The van der Waals surface area contributed by atoms with E-state index < -0.39 is 42.4 Å². The maximum absolute atomic E-state index is 12.0. The third kappa shape index (κ3) is 18.4. The average molecular weight is 572 g/mol. The largest absolute Gasteiger partial charge is 0.481 e. The number of carbonyl (C=O) groups is 5. The van der Waals surface area contributed by atoms with Gasteiger partial charge in [0.25, 0.3) is 0 Å². The minimum absolute atomic E-state index is 0.0266. The van der Waals surface area contributed by atoms with E-state index in [0.29, 0.717) is 25.8 Å². The first kappa shape index (κ1) is 35.1. The molecule has 0 saturated carbocycles. The summed E-state index contributed by atoms with van der Waals surface area (Å²) >= 11 is 0. The topological polar surface area (TPSA) is 197 Å². The highest BCUT2D eigenvalue weighted by molar-refractivity contribution is 5.86. The SMILES string of the molecule is O=C(O)CC[C@H](NC(=O)N[C@@H](CCCCNC(=O)CCCCCCCCCCN1CCNCC1)C(=O)O)C(=O)O. The predicted octanol–water partition coefficient (Wildman–Crippen LogP) is 1.76. The van der Waals surface area contributed by atoms with Crippen molar-refractivity contribution in [2.45, 2.75) is 102 Å². The Bertz CT molecular complexity index is 776. The van der Waals surface area contributed by atoms with Crippen molar-refractivity contribution in [1.29, 1.82) is 0 Å². The zero-order valence-corrected chi connectivity index (χ0v) is 23.6.